The van der Waals surface area contributed by atoms with Gasteiger partial charge in [0, 0.05) is 31.1 Å². The van der Waals surface area contributed by atoms with E-state index < -0.39 is 0 Å². The van der Waals surface area contributed by atoms with Gasteiger partial charge in [0.1, 0.15) is 0 Å². The molecule has 0 spiro atoms. The molecule has 2 amide bonds. The van der Waals surface area contributed by atoms with Crippen LogP contribution in [0.4, 0.5) is 0 Å². The summed E-state index contributed by atoms with van der Waals surface area (Å²) in [6, 6.07) is 8.93. The third kappa shape index (κ3) is 3.81. The van der Waals surface area contributed by atoms with Gasteiger partial charge in [-0.15, -0.1) is 0 Å². The first-order chi connectivity index (χ1) is 9.16. The number of amides is 2. The Kier molecular flexibility index (Phi) is 4.55. The summed E-state index contributed by atoms with van der Waals surface area (Å²) in [6.07, 6.45) is 2.56. The lowest BCUT2D eigenvalue weighted by molar-refractivity contribution is -0.130. The van der Waals surface area contributed by atoms with Crippen LogP contribution in [0.1, 0.15) is 36.5 Å². The Morgan fingerprint density at radius 2 is 1.84 bits per heavy atom. The lowest BCUT2D eigenvalue weighted by Crippen LogP contribution is -2.38. The summed E-state index contributed by atoms with van der Waals surface area (Å²) >= 11 is 0. The maximum absolute atomic E-state index is 11.9. The smallest absolute Gasteiger partial charge is 0.251 e. The van der Waals surface area contributed by atoms with E-state index >= 15 is 0 Å². The molecule has 1 fully saturated rings. The largest absolute Gasteiger partial charge is 0.349 e. The second-order valence-corrected chi connectivity index (χ2v) is 5.03. The second kappa shape index (κ2) is 6.36. The number of likely N-dealkylation sites (tertiary alicyclic amines) is 1. The second-order valence-electron chi connectivity index (χ2n) is 5.03. The van der Waals surface area contributed by atoms with Crippen LogP contribution in [0.3, 0.4) is 0 Å². The highest BCUT2D eigenvalue weighted by Crippen LogP contribution is 2.10. The molecule has 102 valence electrons. The molecule has 1 heterocycles. The van der Waals surface area contributed by atoms with Crippen molar-refractivity contribution in [3.05, 3.63) is 35.9 Å². The molecule has 1 N–H and O–H groups in total. The molecule has 4 heteroatoms. The molecule has 0 unspecified atom stereocenters. The summed E-state index contributed by atoms with van der Waals surface area (Å²) in [6.45, 7) is 3.59. The van der Waals surface area contributed by atoms with Crippen molar-refractivity contribution in [1.29, 1.82) is 0 Å². The number of rotatable bonds is 4. The van der Waals surface area contributed by atoms with Gasteiger partial charge >= 0.3 is 0 Å². The van der Waals surface area contributed by atoms with Gasteiger partial charge in [-0.1, -0.05) is 18.2 Å². The van der Waals surface area contributed by atoms with Gasteiger partial charge in [-0.25, -0.2) is 0 Å². The Morgan fingerprint density at radius 3 is 2.47 bits per heavy atom. The zero-order valence-corrected chi connectivity index (χ0v) is 11.3. The predicted octanol–water partition coefficient (Wildman–Crippen LogP) is 1.82. The van der Waals surface area contributed by atoms with Crippen molar-refractivity contribution < 1.29 is 9.59 Å². The van der Waals surface area contributed by atoms with Crippen LogP contribution >= 0.6 is 0 Å². The van der Waals surface area contributed by atoms with E-state index in [-0.39, 0.29) is 17.9 Å². The van der Waals surface area contributed by atoms with Crippen molar-refractivity contribution in [2.75, 3.05) is 13.1 Å². The number of hydrogen-bond donors (Lipinski definition) is 1. The van der Waals surface area contributed by atoms with Gasteiger partial charge in [0.05, 0.1) is 0 Å². The average molecular weight is 260 g/mol. The van der Waals surface area contributed by atoms with Crippen LogP contribution in [-0.2, 0) is 4.79 Å². The number of carbonyl (C=O) groups is 2. The molecule has 19 heavy (non-hydrogen) atoms. The lowest BCUT2D eigenvalue weighted by atomic mass is 10.1. The molecule has 0 aliphatic carbocycles. The number of carbonyl (C=O) groups excluding carboxylic acids is 2. The zero-order chi connectivity index (χ0) is 13.7. The monoisotopic (exact) mass is 260 g/mol. The first-order valence-corrected chi connectivity index (χ1v) is 6.80. The standard InChI is InChI=1S/C15H20N2O2/c1-12(11-14(18)17-9-5-6-10-17)16-15(19)13-7-3-2-4-8-13/h2-4,7-8,12H,5-6,9-11H2,1H3,(H,16,19)/t12-/m1/s1. The molecule has 1 aliphatic rings. The molecule has 1 saturated heterocycles. The fraction of sp³-hybridized carbons (Fsp3) is 0.467. The van der Waals surface area contributed by atoms with E-state index in [0.717, 1.165) is 25.9 Å². The first-order valence-electron chi connectivity index (χ1n) is 6.80. The van der Waals surface area contributed by atoms with Crippen LogP contribution in [0.15, 0.2) is 30.3 Å². The Morgan fingerprint density at radius 1 is 1.21 bits per heavy atom. The minimum absolute atomic E-state index is 0.123. The van der Waals surface area contributed by atoms with Crippen molar-refractivity contribution in [2.24, 2.45) is 0 Å². The Labute approximate surface area is 113 Å². The Bertz CT molecular complexity index is 439. The highest BCUT2D eigenvalue weighted by molar-refractivity contribution is 5.94. The van der Waals surface area contributed by atoms with Gasteiger partial charge in [0.2, 0.25) is 5.91 Å². The van der Waals surface area contributed by atoms with E-state index in [4.69, 9.17) is 0 Å². The molecule has 1 aliphatic heterocycles. The third-order valence-corrected chi connectivity index (χ3v) is 3.35. The SMILES string of the molecule is C[C@H](CC(=O)N1CCCC1)NC(=O)c1ccccc1. The summed E-state index contributed by atoms with van der Waals surface area (Å²) in [5.41, 5.74) is 0.628. The molecular weight excluding hydrogens is 240 g/mol. The minimum Gasteiger partial charge on any atom is -0.349 e. The Hall–Kier alpha value is -1.84. The maximum Gasteiger partial charge on any atom is 0.251 e. The summed E-state index contributed by atoms with van der Waals surface area (Å²) in [5, 5.41) is 2.86. The summed E-state index contributed by atoms with van der Waals surface area (Å²) < 4.78 is 0. The molecule has 0 aromatic heterocycles. The summed E-state index contributed by atoms with van der Waals surface area (Å²) in [4.78, 5) is 25.8. The first kappa shape index (κ1) is 13.6. The summed E-state index contributed by atoms with van der Waals surface area (Å²) in [5.74, 6) is 0.0145. The van der Waals surface area contributed by atoms with Crippen LogP contribution in [0.5, 0.6) is 0 Å². The van der Waals surface area contributed by atoms with Crippen LogP contribution in [-0.4, -0.2) is 35.8 Å². The third-order valence-electron chi connectivity index (χ3n) is 3.35. The van der Waals surface area contributed by atoms with E-state index in [1.165, 1.54) is 0 Å². The van der Waals surface area contributed by atoms with Crippen LogP contribution in [0.25, 0.3) is 0 Å². The number of nitrogens with zero attached hydrogens (tertiary/aromatic N) is 1. The van der Waals surface area contributed by atoms with Gasteiger partial charge in [0.25, 0.3) is 5.91 Å². The molecule has 2 rings (SSSR count). The number of benzene rings is 1. The van der Waals surface area contributed by atoms with Crippen LogP contribution < -0.4 is 5.32 Å². The van der Waals surface area contributed by atoms with Gasteiger partial charge in [-0.2, -0.15) is 0 Å². The van der Waals surface area contributed by atoms with E-state index in [9.17, 15) is 9.59 Å². The molecular formula is C15H20N2O2. The van der Waals surface area contributed by atoms with E-state index in [1.807, 2.05) is 30.0 Å². The van der Waals surface area contributed by atoms with Crippen molar-refractivity contribution in [3.8, 4) is 0 Å². The fourth-order valence-electron chi connectivity index (χ4n) is 2.31. The average Bonchev–Trinajstić information content (AvgIpc) is 2.93. The van der Waals surface area contributed by atoms with E-state index in [1.54, 1.807) is 12.1 Å². The van der Waals surface area contributed by atoms with Crippen molar-refractivity contribution in [1.82, 2.24) is 10.2 Å². The highest BCUT2D eigenvalue weighted by atomic mass is 16.2. The van der Waals surface area contributed by atoms with Crippen molar-refractivity contribution in [2.45, 2.75) is 32.2 Å². The lowest BCUT2D eigenvalue weighted by Gasteiger charge is -2.19. The maximum atomic E-state index is 11.9. The Balaban J connectivity index is 1.82. The minimum atomic E-state index is -0.138. The topological polar surface area (TPSA) is 49.4 Å². The molecule has 1 aromatic rings. The van der Waals surface area contributed by atoms with Gasteiger partial charge < -0.3 is 10.2 Å². The zero-order valence-electron chi connectivity index (χ0n) is 11.3. The quantitative estimate of drug-likeness (QED) is 0.897. The molecule has 1 aromatic carbocycles. The molecule has 0 saturated carbocycles. The molecule has 1 atom stereocenters. The number of hydrogen-bond acceptors (Lipinski definition) is 2. The van der Waals surface area contributed by atoms with Crippen molar-refractivity contribution >= 4 is 11.8 Å². The van der Waals surface area contributed by atoms with E-state index in [2.05, 4.69) is 5.32 Å². The fourth-order valence-corrected chi connectivity index (χ4v) is 2.31. The van der Waals surface area contributed by atoms with Gasteiger partial charge in [-0.05, 0) is 31.9 Å². The van der Waals surface area contributed by atoms with Gasteiger partial charge in [0.15, 0.2) is 0 Å². The van der Waals surface area contributed by atoms with Crippen LogP contribution in [0.2, 0.25) is 0 Å². The molecule has 0 bridgehead atoms. The summed E-state index contributed by atoms with van der Waals surface area (Å²) in [7, 11) is 0. The van der Waals surface area contributed by atoms with Crippen molar-refractivity contribution in [3.63, 3.8) is 0 Å². The van der Waals surface area contributed by atoms with E-state index in [0.29, 0.717) is 12.0 Å². The molecule has 4 nitrogen and oxygen atoms in total. The van der Waals surface area contributed by atoms with Crippen LogP contribution in [0, 0.1) is 0 Å². The molecule has 0 radical (unpaired) electrons. The highest BCUT2D eigenvalue weighted by Gasteiger charge is 2.20. The number of nitrogens with one attached hydrogen (secondary N) is 1. The predicted molar refractivity (Wildman–Crippen MR) is 73.8 cm³/mol. The normalized spacial score (nSPS) is 16.2. The van der Waals surface area contributed by atoms with Gasteiger partial charge in [-0.3, -0.25) is 9.59 Å².